The standard InChI is InChI=1S/C18H25ClN2O2/c19-16-4-1-3-15(11-16)12-20-8-2-6-18(13-20)7-5-17(23)21(14-18)9-10-22/h1,3-4,11,22H,2,5-10,12-14H2/t18-/m0/s1. The molecule has 1 atom stereocenters. The minimum atomic E-state index is 0.0497. The predicted octanol–water partition coefficient (Wildman–Crippen LogP) is 2.54. The van der Waals surface area contributed by atoms with Crippen LogP contribution in [-0.2, 0) is 11.3 Å². The zero-order valence-corrected chi connectivity index (χ0v) is 14.3. The number of amides is 1. The van der Waals surface area contributed by atoms with Crippen molar-refractivity contribution in [3.63, 3.8) is 0 Å². The van der Waals surface area contributed by atoms with Gasteiger partial charge in [-0.25, -0.2) is 0 Å². The summed E-state index contributed by atoms with van der Waals surface area (Å²) in [5.74, 6) is 0.191. The van der Waals surface area contributed by atoms with Crippen LogP contribution < -0.4 is 0 Å². The third kappa shape index (κ3) is 4.06. The number of aliphatic hydroxyl groups excluding tert-OH is 1. The van der Waals surface area contributed by atoms with Crippen LogP contribution in [0.1, 0.15) is 31.2 Å². The lowest BCUT2D eigenvalue weighted by atomic mass is 9.73. The van der Waals surface area contributed by atoms with E-state index in [9.17, 15) is 9.90 Å². The van der Waals surface area contributed by atoms with Crippen LogP contribution in [0.3, 0.4) is 0 Å². The van der Waals surface area contributed by atoms with Crippen molar-refractivity contribution >= 4 is 17.5 Å². The van der Waals surface area contributed by atoms with Gasteiger partial charge in [0.05, 0.1) is 6.61 Å². The highest BCUT2D eigenvalue weighted by atomic mass is 35.5. The Kier molecular flexibility index (Phi) is 5.24. The quantitative estimate of drug-likeness (QED) is 0.919. The molecular weight excluding hydrogens is 312 g/mol. The average Bonchev–Trinajstić information content (AvgIpc) is 2.52. The molecule has 0 aliphatic carbocycles. The van der Waals surface area contributed by atoms with Gasteiger partial charge in [0.1, 0.15) is 0 Å². The predicted molar refractivity (Wildman–Crippen MR) is 91.3 cm³/mol. The Bertz CT molecular complexity index is 566. The maximum Gasteiger partial charge on any atom is 0.222 e. The second-order valence-corrected chi connectivity index (χ2v) is 7.42. The number of carbonyl (C=O) groups is 1. The summed E-state index contributed by atoms with van der Waals surface area (Å²) >= 11 is 6.09. The summed E-state index contributed by atoms with van der Waals surface area (Å²) in [5.41, 5.74) is 1.44. The molecule has 3 rings (SSSR count). The van der Waals surface area contributed by atoms with E-state index < -0.39 is 0 Å². The average molecular weight is 337 g/mol. The molecule has 1 spiro atoms. The van der Waals surface area contributed by atoms with Gasteiger partial charge < -0.3 is 10.0 Å². The molecule has 5 heteroatoms. The Morgan fingerprint density at radius 1 is 1.26 bits per heavy atom. The first-order valence-corrected chi connectivity index (χ1v) is 8.83. The van der Waals surface area contributed by atoms with Gasteiger partial charge in [0, 0.05) is 43.0 Å². The molecule has 1 N–H and O–H groups in total. The Labute approximate surface area is 143 Å². The van der Waals surface area contributed by atoms with E-state index in [1.807, 2.05) is 23.1 Å². The van der Waals surface area contributed by atoms with Crippen LogP contribution >= 0.6 is 11.6 Å². The molecule has 0 aromatic heterocycles. The Hall–Kier alpha value is -1.10. The normalized spacial score (nSPS) is 26.0. The van der Waals surface area contributed by atoms with E-state index in [4.69, 9.17) is 11.6 Å². The van der Waals surface area contributed by atoms with Gasteiger partial charge >= 0.3 is 0 Å². The molecule has 2 saturated heterocycles. The maximum absolute atomic E-state index is 12.0. The van der Waals surface area contributed by atoms with Gasteiger partial charge in [0.25, 0.3) is 0 Å². The molecule has 2 aliphatic rings. The molecule has 2 fully saturated rings. The third-order valence-electron chi connectivity index (χ3n) is 5.15. The molecular formula is C18H25ClN2O2. The van der Waals surface area contributed by atoms with Gasteiger partial charge in [0.2, 0.25) is 5.91 Å². The molecule has 0 saturated carbocycles. The minimum Gasteiger partial charge on any atom is -0.395 e. The fraction of sp³-hybridized carbons (Fsp3) is 0.611. The molecule has 2 aliphatic heterocycles. The third-order valence-corrected chi connectivity index (χ3v) is 5.39. The van der Waals surface area contributed by atoms with Gasteiger partial charge in [0.15, 0.2) is 0 Å². The van der Waals surface area contributed by atoms with Crippen molar-refractivity contribution in [1.29, 1.82) is 0 Å². The van der Waals surface area contributed by atoms with Gasteiger partial charge in [-0.2, -0.15) is 0 Å². The largest absolute Gasteiger partial charge is 0.395 e. The second-order valence-electron chi connectivity index (χ2n) is 6.98. The molecule has 2 heterocycles. The molecule has 23 heavy (non-hydrogen) atoms. The fourth-order valence-electron chi connectivity index (χ4n) is 4.10. The number of benzene rings is 1. The fourth-order valence-corrected chi connectivity index (χ4v) is 4.31. The van der Waals surface area contributed by atoms with Crippen molar-refractivity contribution in [3.8, 4) is 0 Å². The Morgan fingerprint density at radius 3 is 2.91 bits per heavy atom. The van der Waals surface area contributed by atoms with Crippen LogP contribution in [-0.4, -0.2) is 53.6 Å². The number of aliphatic hydroxyl groups is 1. The summed E-state index contributed by atoms with van der Waals surface area (Å²) < 4.78 is 0. The first kappa shape index (κ1) is 16.7. The van der Waals surface area contributed by atoms with E-state index in [2.05, 4.69) is 11.0 Å². The van der Waals surface area contributed by atoms with Gasteiger partial charge in [-0.15, -0.1) is 0 Å². The van der Waals surface area contributed by atoms with Crippen LogP contribution in [0, 0.1) is 5.41 Å². The molecule has 126 valence electrons. The highest BCUT2D eigenvalue weighted by Crippen LogP contribution is 2.39. The highest BCUT2D eigenvalue weighted by Gasteiger charge is 2.41. The minimum absolute atomic E-state index is 0.0497. The maximum atomic E-state index is 12.0. The van der Waals surface area contributed by atoms with Crippen molar-refractivity contribution in [2.75, 3.05) is 32.8 Å². The first-order valence-electron chi connectivity index (χ1n) is 8.46. The molecule has 0 bridgehead atoms. The van der Waals surface area contributed by atoms with E-state index in [0.29, 0.717) is 13.0 Å². The summed E-state index contributed by atoms with van der Waals surface area (Å²) in [6.07, 6.45) is 3.93. The lowest BCUT2D eigenvalue weighted by Crippen LogP contribution is -2.54. The molecule has 1 aromatic rings. The van der Waals surface area contributed by atoms with E-state index in [1.165, 1.54) is 18.4 Å². The lowest BCUT2D eigenvalue weighted by Gasteiger charge is -2.48. The summed E-state index contributed by atoms with van der Waals surface area (Å²) in [5, 5.41) is 9.96. The monoisotopic (exact) mass is 336 g/mol. The number of piperidine rings is 2. The zero-order valence-electron chi connectivity index (χ0n) is 13.5. The number of rotatable bonds is 4. The van der Waals surface area contributed by atoms with Crippen molar-refractivity contribution in [3.05, 3.63) is 34.9 Å². The molecule has 0 unspecified atom stereocenters. The molecule has 1 aromatic carbocycles. The lowest BCUT2D eigenvalue weighted by molar-refractivity contribution is -0.140. The van der Waals surface area contributed by atoms with E-state index >= 15 is 0 Å². The summed E-state index contributed by atoms with van der Waals surface area (Å²) in [4.78, 5) is 16.3. The van der Waals surface area contributed by atoms with E-state index in [0.717, 1.165) is 37.6 Å². The van der Waals surface area contributed by atoms with E-state index in [1.54, 1.807) is 0 Å². The SMILES string of the molecule is O=C1CC[C@]2(CCCN(Cc3cccc(Cl)c3)C2)CN1CCO. The number of halogens is 1. The number of hydrogen-bond acceptors (Lipinski definition) is 3. The van der Waals surface area contributed by atoms with Crippen molar-refractivity contribution in [2.45, 2.75) is 32.2 Å². The van der Waals surface area contributed by atoms with Gasteiger partial charge in [-0.1, -0.05) is 23.7 Å². The number of carbonyl (C=O) groups excluding carboxylic acids is 1. The van der Waals surface area contributed by atoms with Crippen molar-refractivity contribution in [1.82, 2.24) is 9.80 Å². The van der Waals surface area contributed by atoms with Crippen LogP contribution in [0.4, 0.5) is 0 Å². The van der Waals surface area contributed by atoms with E-state index in [-0.39, 0.29) is 17.9 Å². The van der Waals surface area contributed by atoms with Crippen LogP contribution in [0.15, 0.2) is 24.3 Å². The topological polar surface area (TPSA) is 43.8 Å². The van der Waals surface area contributed by atoms with Gasteiger partial charge in [-0.3, -0.25) is 9.69 Å². The smallest absolute Gasteiger partial charge is 0.222 e. The Balaban J connectivity index is 1.66. The number of likely N-dealkylation sites (tertiary alicyclic amines) is 2. The summed E-state index contributed by atoms with van der Waals surface area (Å²) in [6.45, 7) is 4.34. The molecule has 1 amide bonds. The first-order chi connectivity index (χ1) is 11.1. The highest BCUT2D eigenvalue weighted by molar-refractivity contribution is 6.30. The Morgan fingerprint density at radius 2 is 2.13 bits per heavy atom. The van der Waals surface area contributed by atoms with Gasteiger partial charge in [-0.05, 0) is 43.5 Å². The summed E-state index contributed by atoms with van der Waals surface area (Å²) in [6, 6.07) is 8.06. The van der Waals surface area contributed by atoms with Crippen LogP contribution in [0.25, 0.3) is 0 Å². The van der Waals surface area contributed by atoms with Crippen molar-refractivity contribution < 1.29 is 9.90 Å². The number of β-amino-alcohol motifs (C(OH)–C–C–N with tert-alkyl or cyclic N) is 1. The van der Waals surface area contributed by atoms with Crippen LogP contribution in [0.5, 0.6) is 0 Å². The number of nitrogens with zero attached hydrogens (tertiary/aromatic N) is 2. The van der Waals surface area contributed by atoms with Crippen molar-refractivity contribution in [2.24, 2.45) is 5.41 Å². The van der Waals surface area contributed by atoms with Crippen LogP contribution in [0.2, 0.25) is 5.02 Å². The number of hydrogen-bond donors (Lipinski definition) is 1. The summed E-state index contributed by atoms with van der Waals surface area (Å²) in [7, 11) is 0. The molecule has 0 radical (unpaired) electrons. The zero-order chi connectivity index (χ0) is 16.3. The second kappa shape index (κ2) is 7.20. The molecule has 4 nitrogen and oxygen atoms in total.